The average molecular weight is 894 g/mol. The summed E-state index contributed by atoms with van der Waals surface area (Å²) in [6.45, 7) is 6.95. The third-order valence-electron chi connectivity index (χ3n) is 7.68. The first-order valence-electron chi connectivity index (χ1n) is 13.4. The first-order valence-corrected chi connectivity index (χ1v) is 20.0. The molecule has 0 N–H and O–H groups in total. The number of alkyl halides is 19. The van der Waals surface area contributed by atoms with Gasteiger partial charge in [-0.05, 0) is 0 Å². The normalized spacial score (nSPS) is 16.6. The average Bonchev–Trinajstić information content (AvgIpc) is 2.94. The van der Waals surface area contributed by atoms with Crippen molar-refractivity contribution in [1.82, 2.24) is 0 Å². The second kappa shape index (κ2) is 12.0. The zero-order valence-electron chi connectivity index (χ0n) is 26.2. The van der Waals surface area contributed by atoms with Crippen molar-refractivity contribution in [3.8, 4) is 0 Å². The topological polar surface area (TPSA) is 43.4 Å². The fourth-order valence-electron chi connectivity index (χ4n) is 5.37. The molecule has 0 bridgehead atoms. The summed E-state index contributed by atoms with van der Waals surface area (Å²) in [6.07, 6.45) is -7.92. The molecule has 0 saturated carbocycles. The van der Waals surface area contributed by atoms with E-state index in [0.717, 1.165) is 65.8 Å². The van der Waals surface area contributed by atoms with Crippen LogP contribution in [0.2, 0.25) is 0 Å². The van der Waals surface area contributed by atoms with Crippen LogP contribution in [0, 0.1) is 7.14 Å². The molecule has 0 atom stereocenters. The fraction of sp³-hybridized carbons (Fsp3) is 0.571. The molecule has 0 aliphatic carbocycles. The summed E-state index contributed by atoms with van der Waals surface area (Å²) in [6, 6.07) is 11.7. The van der Waals surface area contributed by atoms with Crippen LogP contribution in [0.25, 0.3) is 0 Å². The Hall–Kier alpha value is -2.11. The Morgan fingerprint density at radius 1 is 0.440 bits per heavy atom. The van der Waals surface area contributed by atoms with E-state index in [1.165, 1.54) is 36.4 Å². The fourth-order valence-corrected chi connectivity index (χ4v) is 31.4. The van der Waals surface area contributed by atoms with Crippen LogP contribution in [0.3, 0.4) is 0 Å². The van der Waals surface area contributed by atoms with Crippen molar-refractivity contribution < 1.29 is 85.6 Å². The van der Waals surface area contributed by atoms with Gasteiger partial charge >= 0.3 is 276 Å². The Morgan fingerprint density at radius 3 is 0.960 bits per heavy atom. The van der Waals surface area contributed by atoms with Crippen molar-refractivity contribution in [2.75, 3.05) is 0 Å². The third-order valence-corrected chi connectivity index (χ3v) is 31.1. The summed E-state index contributed by atoms with van der Waals surface area (Å²) in [4.78, 5) is 0. The van der Waals surface area contributed by atoms with E-state index >= 15 is 17.6 Å². The van der Waals surface area contributed by atoms with Crippen LogP contribution in [-0.2, 0) is 12.6 Å². The number of hydrogen-bond acceptors (Lipinski definition) is 3. The molecule has 0 aromatic heterocycles. The SMILES string of the molecule is CC(C)(C)I(OS(=O)(=O)C(F)(F)C(F)(F)C(F)(F)C(F)(F)C(F)(F)C(F)(F)C(F)(F)C(F)(F)F)(c1ccccc1)(c1ccccc1)C(C)(C)C. The maximum absolute atomic E-state index is 15.6. The summed E-state index contributed by atoms with van der Waals surface area (Å²) < 4.78 is 267. The molecular formula is C28H28F17IO3S. The van der Waals surface area contributed by atoms with Gasteiger partial charge in [-0.25, -0.2) is 0 Å². The van der Waals surface area contributed by atoms with E-state index < -0.39 is 81.4 Å². The van der Waals surface area contributed by atoms with Gasteiger partial charge in [0.2, 0.25) is 0 Å². The van der Waals surface area contributed by atoms with Crippen molar-refractivity contribution >= 4 is 27.6 Å². The number of halogens is 18. The molecule has 0 radical (unpaired) electrons. The number of rotatable bonds is 11. The molecule has 0 unspecified atom stereocenters. The van der Waals surface area contributed by atoms with Gasteiger partial charge in [-0.1, -0.05) is 0 Å². The summed E-state index contributed by atoms with van der Waals surface area (Å²) in [5.41, 5.74) is 0. The molecule has 0 aliphatic rings. The van der Waals surface area contributed by atoms with Crippen molar-refractivity contribution in [3.63, 3.8) is 0 Å². The summed E-state index contributed by atoms with van der Waals surface area (Å²) >= 11 is -6.88. The van der Waals surface area contributed by atoms with Gasteiger partial charge in [-0.15, -0.1) is 0 Å². The Kier molecular flexibility index (Phi) is 10.5. The molecular weight excluding hydrogens is 866 g/mol. The zero-order chi connectivity index (χ0) is 39.9. The number of hydrogen-bond donors (Lipinski definition) is 0. The van der Waals surface area contributed by atoms with Gasteiger partial charge in [0.1, 0.15) is 0 Å². The maximum atomic E-state index is 15.6. The predicted molar refractivity (Wildman–Crippen MR) is 154 cm³/mol. The van der Waals surface area contributed by atoms with Gasteiger partial charge in [0.15, 0.2) is 0 Å². The Labute approximate surface area is 275 Å². The van der Waals surface area contributed by atoms with Gasteiger partial charge in [0.25, 0.3) is 0 Å². The van der Waals surface area contributed by atoms with Gasteiger partial charge < -0.3 is 0 Å². The van der Waals surface area contributed by atoms with Crippen LogP contribution in [-0.4, -0.2) is 62.2 Å². The van der Waals surface area contributed by atoms with E-state index in [1.807, 2.05) is 0 Å². The zero-order valence-corrected chi connectivity index (χ0v) is 29.2. The van der Waals surface area contributed by atoms with E-state index in [0.29, 0.717) is 0 Å². The van der Waals surface area contributed by atoms with Crippen LogP contribution in [0.15, 0.2) is 60.7 Å². The van der Waals surface area contributed by atoms with Crippen LogP contribution in [0.5, 0.6) is 0 Å². The second-order valence-electron chi connectivity index (χ2n) is 12.6. The molecule has 0 heterocycles. The molecule has 2 rings (SSSR count). The van der Waals surface area contributed by atoms with E-state index in [4.69, 9.17) is 2.51 Å². The van der Waals surface area contributed by atoms with Crippen LogP contribution in [0.4, 0.5) is 74.6 Å². The van der Waals surface area contributed by atoms with Gasteiger partial charge in [0.05, 0.1) is 0 Å². The van der Waals surface area contributed by atoms with E-state index in [2.05, 4.69) is 0 Å². The van der Waals surface area contributed by atoms with Crippen molar-refractivity contribution in [2.45, 2.75) is 95.4 Å². The van der Waals surface area contributed by atoms with Gasteiger partial charge in [-0.3, -0.25) is 0 Å². The molecule has 50 heavy (non-hydrogen) atoms. The molecule has 22 heteroatoms. The summed E-state index contributed by atoms with van der Waals surface area (Å²) in [7, 11) is -7.95. The Balaban J connectivity index is 3.09. The Morgan fingerprint density at radius 2 is 0.700 bits per heavy atom. The first kappa shape index (κ1) is 44.1. The minimum atomic E-state index is -8.95. The van der Waals surface area contributed by atoms with Crippen molar-refractivity contribution in [1.29, 1.82) is 0 Å². The van der Waals surface area contributed by atoms with Crippen LogP contribution >= 0.6 is 17.5 Å². The van der Waals surface area contributed by atoms with Gasteiger partial charge in [0, 0.05) is 0 Å². The van der Waals surface area contributed by atoms with Crippen LogP contribution in [0.1, 0.15) is 41.5 Å². The number of benzene rings is 2. The quantitative estimate of drug-likeness (QED) is 0.128. The molecule has 3 nitrogen and oxygen atoms in total. The molecule has 0 aliphatic heterocycles. The summed E-state index contributed by atoms with van der Waals surface area (Å²) in [5, 5.41) is -7.84. The predicted octanol–water partition coefficient (Wildman–Crippen LogP) is 11.1. The monoisotopic (exact) mass is 894 g/mol. The standard InChI is InChI=1S/C28H28F17IO3S/c1-19(2,3)46(20(4,5)6,17-13-9-7-10-14-17,18-15-11-8-12-16-18)49-50(47,48)28(44,45)26(39,40)24(35,36)22(31,32)21(29,30)23(33,34)25(37,38)27(41,42)43/h7-16H,1-6H3. The first-order chi connectivity index (χ1) is 21.8. The van der Waals surface area contributed by atoms with E-state index in [-0.39, 0.29) is 7.14 Å². The molecule has 0 spiro atoms. The molecule has 0 amide bonds. The third kappa shape index (κ3) is 5.24. The van der Waals surface area contributed by atoms with Gasteiger partial charge in [-0.2, -0.15) is 0 Å². The van der Waals surface area contributed by atoms with E-state index in [1.54, 1.807) is 0 Å². The molecule has 0 saturated heterocycles. The summed E-state index contributed by atoms with van der Waals surface area (Å²) in [5.74, 6) is -52.3. The minimum absolute atomic E-state index is 0.315. The van der Waals surface area contributed by atoms with Crippen LogP contribution < -0.4 is 0 Å². The van der Waals surface area contributed by atoms with Crippen molar-refractivity contribution in [3.05, 3.63) is 67.8 Å². The molecule has 2 aromatic carbocycles. The molecule has 2 aromatic rings. The molecule has 0 fully saturated rings. The second-order valence-corrected chi connectivity index (χ2v) is 29.2. The van der Waals surface area contributed by atoms with Crippen molar-refractivity contribution in [2.24, 2.45) is 0 Å². The Bertz CT molecular complexity index is 1590. The van der Waals surface area contributed by atoms with E-state index in [9.17, 15) is 65.5 Å². The molecule has 290 valence electrons.